The number of pyridine rings is 1. The maximum atomic E-state index is 8.94. The number of ether oxygens (including phenoxy) is 1. The summed E-state index contributed by atoms with van der Waals surface area (Å²) >= 11 is 0. The van der Waals surface area contributed by atoms with Gasteiger partial charge in [0.15, 0.2) is 0 Å². The fourth-order valence-electron chi connectivity index (χ4n) is 2.01. The van der Waals surface area contributed by atoms with Gasteiger partial charge in [0, 0.05) is 5.69 Å². The molecule has 1 aromatic heterocycles. The van der Waals surface area contributed by atoms with Gasteiger partial charge in [-0.15, -0.1) is 0 Å². The second kappa shape index (κ2) is 5.65. The lowest BCUT2D eigenvalue weighted by Gasteiger charge is -2.10. The van der Waals surface area contributed by atoms with E-state index < -0.39 is 0 Å². The van der Waals surface area contributed by atoms with Crippen molar-refractivity contribution >= 4 is 0 Å². The van der Waals surface area contributed by atoms with Crippen LogP contribution in [-0.4, -0.2) is 24.7 Å². The van der Waals surface area contributed by atoms with Crippen LogP contribution in [0.3, 0.4) is 0 Å². The minimum atomic E-state index is 0.471. The second-order valence-electron chi connectivity index (χ2n) is 4.41. The Hall–Kier alpha value is -1.60. The third-order valence-corrected chi connectivity index (χ3v) is 3.05. The van der Waals surface area contributed by atoms with Crippen LogP contribution in [0.1, 0.15) is 24.1 Å². The van der Waals surface area contributed by atoms with Crippen molar-refractivity contribution < 1.29 is 4.74 Å². The highest BCUT2D eigenvalue weighted by Crippen LogP contribution is 2.17. The first-order valence-corrected chi connectivity index (χ1v) is 6.01. The molecule has 2 rings (SSSR count). The molecule has 2 heterocycles. The summed E-state index contributed by atoms with van der Waals surface area (Å²) in [4.78, 5) is 4.25. The Labute approximate surface area is 102 Å². The molecule has 0 saturated carbocycles. The first kappa shape index (κ1) is 11.9. The largest absolute Gasteiger partial charge is 0.477 e. The van der Waals surface area contributed by atoms with Crippen molar-refractivity contribution in [2.24, 2.45) is 5.92 Å². The molecule has 4 heteroatoms. The molecule has 1 aromatic rings. The average Bonchev–Trinajstić information content (AvgIpc) is 2.82. The smallest absolute Gasteiger partial charge is 0.231 e. The number of nitrogens with one attached hydrogen (secondary N) is 1. The Bertz CT molecular complexity index is 419. The Morgan fingerprint density at radius 2 is 2.47 bits per heavy atom. The van der Waals surface area contributed by atoms with E-state index in [1.165, 1.54) is 6.42 Å². The number of rotatable bonds is 4. The van der Waals surface area contributed by atoms with Gasteiger partial charge in [-0.1, -0.05) is 0 Å². The molecule has 1 N–H and O–H groups in total. The summed E-state index contributed by atoms with van der Waals surface area (Å²) in [6.45, 7) is 4.72. The van der Waals surface area contributed by atoms with E-state index in [4.69, 9.17) is 10.00 Å². The number of hydrogen-bond donors (Lipinski definition) is 1. The molecule has 0 radical (unpaired) electrons. The molecule has 4 nitrogen and oxygen atoms in total. The van der Waals surface area contributed by atoms with Gasteiger partial charge in [-0.05, 0) is 50.9 Å². The highest BCUT2D eigenvalue weighted by Gasteiger charge is 2.14. The Morgan fingerprint density at radius 3 is 3.18 bits per heavy atom. The van der Waals surface area contributed by atoms with Crippen LogP contribution in [0, 0.1) is 24.2 Å². The van der Waals surface area contributed by atoms with Gasteiger partial charge in [0.2, 0.25) is 5.88 Å². The van der Waals surface area contributed by atoms with Gasteiger partial charge in [0.1, 0.15) is 11.6 Å². The predicted octanol–water partition coefficient (Wildman–Crippen LogP) is 1.64. The van der Waals surface area contributed by atoms with E-state index in [0.717, 1.165) is 25.2 Å². The van der Waals surface area contributed by atoms with E-state index >= 15 is 0 Å². The summed E-state index contributed by atoms with van der Waals surface area (Å²) in [7, 11) is 0. The number of nitriles is 1. The molecule has 0 aromatic carbocycles. The van der Waals surface area contributed by atoms with Crippen LogP contribution >= 0.6 is 0 Å². The SMILES string of the molecule is Cc1ccc(C#N)c(OCCC2CCNC2)n1. The number of hydrogen-bond acceptors (Lipinski definition) is 4. The third-order valence-electron chi connectivity index (χ3n) is 3.05. The summed E-state index contributed by atoms with van der Waals surface area (Å²) < 4.78 is 5.61. The van der Waals surface area contributed by atoms with Crippen LogP contribution in [-0.2, 0) is 0 Å². The molecule has 1 aliphatic rings. The van der Waals surface area contributed by atoms with Gasteiger partial charge in [-0.3, -0.25) is 0 Å². The Morgan fingerprint density at radius 1 is 1.59 bits per heavy atom. The average molecular weight is 231 g/mol. The zero-order valence-corrected chi connectivity index (χ0v) is 10.1. The molecule has 0 aliphatic carbocycles. The molecule has 1 unspecified atom stereocenters. The van der Waals surface area contributed by atoms with E-state index in [-0.39, 0.29) is 0 Å². The molecule has 0 amide bonds. The fraction of sp³-hybridized carbons (Fsp3) is 0.538. The van der Waals surface area contributed by atoms with Crippen LogP contribution in [0.4, 0.5) is 0 Å². The van der Waals surface area contributed by atoms with E-state index in [9.17, 15) is 0 Å². The third kappa shape index (κ3) is 3.18. The van der Waals surface area contributed by atoms with Crippen molar-refractivity contribution in [2.45, 2.75) is 19.8 Å². The van der Waals surface area contributed by atoms with Gasteiger partial charge in [-0.2, -0.15) is 5.26 Å². The quantitative estimate of drug-likeness (QED) is 0.855. The van der Waals surface area contributed by atoms with Crippen molar-refractivity contribution in [2.75, 3.05) is 19.7 Å². The zero-order chi connectivity index (χ0) is 12.1. The maximum absolute atomic E-state index is 8.94. The summed E-state index contributed by atoms with van der Waals surface area (Å²) in [5.41, 5.74) is 1.39. The fourth-order valence-corrected chi connectivity index (χ4v) is 2.01. The minimum Gasteiger partial charge on any atom is -0.477 e. The van der Waals surface area contributed by atoms with Gasteiger partial charge in [0.25, 0.3) is 0 Å². The summed E-state index contributed by atoms with van der Waals surface area (Å²) in [5, 5.41) is 12.3. The Balaban J connectivity index is 1.89. The van der Waals surface area contributed by atoms with Gasteiger partial charge < -0.3 is 10.1 Å². The Kier molecular flexibility index (Phi) is 3.94. The normalized spacial score (nSPS) is 18.9. The molecular weight excluding hydrogens is 214 g/mol. The first-order valence-electron chi connectivity index (χ1n) is 6.01. The molecule has 1 saturated heterocycles. The van der Waals surface area contributed by atoms with Crippen LogP contribution in [0.25, 0.3) is 0 Å². The summed E-state index contributed by atoms with van der Waals surface area (Å²) in [6, 6.07) is 5.69. The van der Waals surface area contributed by atoms with Crippen LogP contribution in [0.15, 0.2) is 12.1 Å². The van der Waals surface area contributed by atoms with Gasteiger partial charge in [-0.25, -0.2) is 4.98 Å². The first-order chi connectivity index (χ1) is 8.29. The lowest BCUT2D eigenvalue weighted by atomic mass is 10.1. The molecule has 90 valence electrons. The van der Waals surface area contributed by atoms with E-state index in [0.29, 0.717) is 24.0 Å². The molecule has 1 fully saturated rings. The monoisotopic (exact) mass is 231 g/mol. The lowest BCUT2D eigenvalue weighted by molar-refractivity contribution is 0.273. The van der Waals surface area contributed by atoms with Crippen molar-refractivity contribution in [3.8, 4) is 11.9 Å². The maximum Gasteiger partial charge on any atom is 0.231 e. The van der Waals surface area contributed by atoms with Crippen molar-refractivity contribution in [3.63, 3.8) is 0 Å². The summed E-state index contributed by atoms with van der Waals surface area (Å²) in [6.07, 6.45) is 2.24. The number of aryl methyl sites for hydroxylation is 1. The predicted molar refractivity (Wildman–Crippen MR) is 64.8 cm³/mol. The molecule has 0 spiro atoms. The van der Waals surface area contributed by atoms with E-state index in [1.54, 1.807) is 6.07 Å². The van der Waals surface area contributed by atoms with Crippen molar-refractivity contribution in [1.29, 1.82) is 5.26 Å². The molecule has 1 aliphatic heterocycles. The van der Waals surface area contributed by atoms with Crippen LogP contribution < -0.4 is 10.1 Å². The highest BCUT2D eigenvalue weighted by molar-refractivity contribution is 5.38. The van der Waals surface area contributed by atoms with Crippen LogP contribution in [0.2, 0.25) is 0 Å². The standard InChI is InChI=1S/C13H17N3O/c1-10-2-3-12(8-14)13(16-10)17-7-5-11-4-6-15-9-11/h2-3,11,15H,4-7,9H2,1H3. The topological polar surface area (TPSA) is 57.9 Å². The van der Waals surface area contributed by atoms with Crippen molar-refractivity contribution in [3.05, 3.63) is 23.4 Å². The minimum absolute atomic E-state index is 0.471. The van der Waals surface area contributed by atoms with Crippen LogP contribution in [0.5, 0.6) is 5.88 Å². The molecule has 1 atom stereocenters. The number of aromatic nitrogens is 1. The molecule has 17 heavy (non-hydrogen) atoms. The van der Waals surface area contributed by atoms with Crippen molar-refractivity contribution in [1.82, 2.24) is 10.3 Å². The highest BCUT2D eigenvalue weighted by atomic mass is 16.5. The van der Waals surface area contributed by atoms with E-state index in [1.807, 2.05) is 13.0 Å². The lowest BCUT2D eigenvalue weighted by Crippen LogP contribution is -2.12. The molecule has 0 bridgehead atoms. The van der Waals surface area contributed by atoms with Gasteiger partial charge >= 0.3 is 0 Å². The van der Waals surface area contributed by atoms with E-state index in [2.05, 4.69) is 16.4 Å². The van der Waals surface area contributed by atoms with Gasteiger partial charge in [0.05, 0.1) is 6.61 Å². The second-order valence-corrected chi connectivity index (χ2v) is 4.41. The summed E-state index contributed by atoms with van der Waals surface area (Å²) in [5.74, 6) is 1.17. The molecular formula is C13H17N3O. The zero-order valence-electron chi connectivity index (χ0n) is 10.1. The number of nitrogens with zero attached hydrogens (tertiary/aromatic N) is 2.